The molecule has 2 heterocycles. The lowest BCUT2D eigenvalue weighted by atomic mass is 9.95. The summed E-state index contributed by atoms with van der Waals surface area (Å²) in [7, 11) is 0. The highest BCUT2D eigenvalue weighted by atomic mass is 16.7. The van der Waals surface area contributed by atoms with Gasteiger partial charge in [-0.25, -0.2) is 0 Å². The number of aliphatic hydroxyl groups excluding tert-OH is 1. The second-order valence-electron chi connectivity index (χ2n) is 8.94. The quantitative estimate of drug-likeness (QED) is 0.730. The number of ether oxygens (including phenoxy) is 4. The second-order valence-corrected chi connectivity index (χ2v) is 8.94. The zero-order chi connectivity index (χ0) is 21.1. The Morgan fingerprint density at radius 1 is 0.931 bits per heavy atom. The molecule has 0 radical (unpaired) electrons. The normalized spacial score (nSPS) is 34.2. The second kappa shape index (κ2) is 9.88. The summed E-state index contributed by atoms with van der Waals surface area (Å²) in [6, 6.07) is 4.38. The summed E-state index contributed by atoms with van der Waals surface area (Å²) < 4.78 is 24.5. The van der Waals surface area contributed by atoms with Crippen LogP contribution in [0.15, 0.2) is 12.1 Å². The molecule has 3 rings (SSSR count). The maximum Gasteiger partial charge on any atom is 0.184 e. The first-order chi connectivity index (χ1) is 13.7. The van der Waals surface area contributed by atoms with Crippen LogP contribution in [0.2, 0.25) is 0 Å². The largest absolute Gasteiger partial charge is 0.393 e. The van der Waals surface area contributed by atoms with Crippen LogP contribution in [0.4, 0.5) is 0 Å². The molecule has 0 bridgehead atoms. The smallest absolute Gasteiger partial charge is 0.184 e. The van der Waals surface area contributed by atoms with E-state index in [1.54, 1.807) is 0 Å². The van der Waals surface area contributed by atoms with Crippen molar-refractivity contribution in [1.29, 1.82) is 0 Å². The summed E-state index contributed by atoms with van der Waals surface area (Å²) in [5, 5.41) is 10.0. The van der Waals surface area contributed by atoms with E-state index in [1.807, 2.05) is 13.8 Å². The molecule has 1 N–H and O–H groups in total. The summed E-state index contributed by atoms with van der Waals surface area (Å²) in [5.74, 6) is 0. The average molecular weight is 407 g/mol. The number of aliphatic hydroxyl groups is 1. The fourth-order valence-electron chi connectivity index (χ4n) is 4.80. The molecule has 2 aliphatic heterocycles. The molecule has 1 aromatic rings. The molecule has 7 unspecified atom stereocenters. The highest BCUT2D eigenvalue weighted by Crippen LogP contribution is 2.36. The van der Waals surface area contributed by atoms with Gasteiger partial charge in [0.2, 0.25) is 0 Å². The molecular weight excluding hydrogens is 368 g/mol. The minimum Gasteiger partial charge on any atom is -0.393 e. The Balaban J connectivity index is 1.66. The molecule has 7 atom stereocenters. The standard InChI is InChI=1S/C24H38O5/c1-7-19(25)11-21-13-22(28-18(6)27-21)12-20-10-17(5)26-24(29-20)23-15(3)8-14(2)9-16(23)4/h8-9,17-22,24-25H,7,10-13H2,1-6H3. The van der Waals surface area contributed by atoms with E-state index in [1.165, 1.54) is 16.7 Å². The van der Waals surface area contributed by atoms with Gasteiger partial charge >= 0.3 is 0 Å². The SMILES string of the molecule is CCC(O)CC1CC(CC2CC(C)OC(c3c(C)cc(C)cc3C)O2)OC(C)O1. The zero-order valence-corrected chi connectivity index (χ0v) is 18.8. The van der Waals surface area contributed by atoms with Gasteiger partial charge in [0.15, 0.2) is 12.6 Å². The maximum atomic E-state index is 10.0. The van der Waals surface area contributed by atoms with Crippen molar-refractivity contribution in [3.8, 4) is 0 Å². The molecule has 2 aliphatic rings. The first-order valence-corrected chi connectivity index (χ1v) is 11.1. The number of hydrogen-bond donors (Lipinski definition) is 1. The van der Waals surface area contributed by atoms with Gasteiger partial charge in [-0.05, 0) is 65.0 Å². The van der Waals surface area contributed by atoms with Gasteiger partial charge in [0.05, 0.1) is 30.5 Å². The van der Waals surface area contributed by atoms with Crippen LogP contribution in [0, 0.1) is 20.8 Å². The number of hydrogen-bond acceptors (Lipinski definition) is 5. The van der Waals surface area contributed by atoms with Crippen molar-refractivity contribution >= 4 is 0 Å². The van der Waals surface area contributed by atoms with Crippen LogP contribution in [-0.4, -0.2) is 41.9 Å². The lowest BCUT2D eigenvalue weighted by molar-refractivity contribution is -0.270. The lowest BCUT2D eigenvalue weighted by Crippen LogP contribution is -2.42. The fraction of sp³-hybridized carbons (Fsp3) is 0.750. The van der Waals surface area contributed by atoms with Gasteiger partial charge in [-0.1, -0.05) is 24.6 Å². The summed E-state index contributed by atoms with van der Waals surface area (Å²) in [4.78, 5) is 0. The molecule has 0 saturated carbocycles. The van der Waals surface area contributed by atoms with Crippen molar-refractivity contribution in [3.63, 3.8) is 0 Å². The van der Waals surface area contributed by atoms with Crippen LogP contribution >= 0.6 is 0 Å². The lowest BCUT2D eigenvalue weighted by Gasteiger charge is -2.40. The van der Waals surface area contributed by atoms with E-state index in [9.17, 15) is 5.11 Å². The highest BCUT2D eigenvalue weighted by molar-refractivity contribution is 5.38. The van der Waals surface area contributed by atoms with E-state index in [0.717, 1.165) is 31.2 Å². The van der Waals surface area contributed by atoms with E-state index in [4.69, 9.17) is 18.9 Å². The molecule has 164 valence electrons. The number of benzene rings is 1. The van der Waals surface area contributed by atoms with Gasteiger partial charge in [0.25, 0.3) is 0 Å². The van der Waals surface area contributed by atoms with Gasteiger partial charge in [-0.2, -0.15) is 0 Å². The third-order valence-corrected chi connectivity index (χ3v) is 6.07. The first-order valence-electron chi connectivity index (χ1n) is 11.1. The van der Waals surface area contributed by atoms with Crippen molar-refractivity contribution in [2.75, 3.05) is 0 Å². The van der Waals surface area contributed by atoms with E-state index in [2.05, 4.69) is 39.8 Å². The molecule has 0 amide bonds. The summed E-state index contributed by atoms with van der Waals surface area (Å²) in [6.07, 6.45) is 3.30. The van der Waals surface area contributed by atoms with Crippen molar-refractivity contribution in [2.24, 2.45) is 0 Å². The monoisotopic (exact) mass is 406 g/mol. The molecule has 2 saturated heterocycles. The van der Waals surface area contributed by atoms with Crippen LogP contribution in [0.25, 0.3) is 0 Å². The van der Waals surface area contributed by atoms with Gasteiger partial charge < -0.3 is 24.1 Å². The molecule has 0 spiro atoms. The van der Waals surface area contributed by atoms with Gasteiger partial charge in [-0.3, -0.25) is 0 Å². The van der Waals surface area contributed by atoms with E-state index >= 15 is 0 Å². The predicted octanol–water partition coefficient (Wildman–Crippen LogP) is 4.88. The Hall–Kier alpha value is -0.980. The Morgan fingerprint density at radius 2 is 1.55 bits per heavy atom. The first kappa shape index (κ1) is 22.7. The minimum absolute atomic E-state index is 0.0355. The molecule has 5 heteroatoms. The van der Waals surface area contributed by atoms with Crippen molar-refractivity contribution < 1.29 is 24.1 Å². The third kappa shape index (κ3) is 6.02. The fourth-order valence-corrected chi connectivity index (χ4v) is 4.80. The van der Waals surface area contributed by atoms with Crippen LogP contribution in [-0.2, 0) is 18.9 Å². The van der Waals surface area contributed by atoms with Crippen LogP contribution in [0.5, 0.6) is 0 Å². The Kier molecular flexibility index (Phi) is 7.74. The Bertz CT molecular complexity index is 652. The van der Waals surface area contributed by atoms with Crippen molar-refractivity contribution in [2.45, 2.75) is 117 Å². The molecular formula is C24H38O5. The molecule has 5 nitrogen and oxygen atoms in total. The maximum absolute atomic E-state index is 10.0. The van der Waals surface area contributed by atoms with Crippen molar-refractivity contribution in [3.05, 3.63) is 34.4 Å². The molecule has 2 fully saturated rings. The number of aryl methyl sites for hydroxylation is 3. The number of rotatable bonds is 6. The van der Waals surface area contributed by atoms with Crippen LogP contribution in [0.1, 0.15) is 81.4 Å². The topological polar surface area (TPSA) is 57.2 Å². The average Bonchev–Trinajstić information content (AvgIpc) is 2.59. The molecule has 0 aromatic heterocycles. The van der Waals surface area contributed by atoms with Gasteiger partial charge in [0.1, 0.15) is 0 Å². The third-order valence-electron chi connectivity index (χ3n) is 6.07. The van der Waals surface area contributed by atoms with Crippen LogP contribution in [0.3, 0.4) is 0 Å². The zero-order valence-electron chi connectivity index (χ0n) is 18.8. The molecule has 1 aromatic carbocycles. The summed E-state index contributed by atoms with van der Waals surface area (Å²) in [6.45, 7) is 12.4. The molecule has 0 aliphatic carbocycles. The van der Waals surface area contributed by atoms with Crippen molar-refractivity contribution in [1.82, 2.24) is 0 Å². The highest BCUT2D eigenvalue weighted by Gasteiger charge is 2.35. The minimum atomic E-state index is -0.334. The molecule has 29 heavy (non-hydrogen) atoms. The summed E-state index contributed by atoms with van der Waals surface area (Å²) in [5.41, 5.74) is 4.83. The Labute approximate surface area is 175 Å². The Morgan fingerprint density at radius 3 is 2.21 bits per heavy atom. The van der Waals surface area contributed by atoms with Crippen LogP contribution < -0.4 is 0 Å². The summed E-state index contributed by atoms with van der Waals surface area (Å²) >= 11 is 0. The predicted molar refractivity (Wildman–Crippen MR) is 113 cm³/mol. The van der Waals surface area contributed by atoms with E-state index < -0.39 is 0 Å². The van der Waals surface area contributed by atoms with E-state index in [-0.39, 0.29) is 43.1 Å². The van der Waals surface area contributed by atoms with Gasteiger partial charge in [0, 0.05) is 18.4 Å². The van der Waals surface area contributed by atoms with Gasteiger partial charge in [-0.15, -0.1) is 0 Å². The van der Waals surface area contributed by atoms with E-state index in [0.29, 0.717) is 6.42 Å².